The standard InChI is InChI=1S/C57H74N2S2/c1-7-11-15-17-19-23-37-57(38-24-20-18-16-12-8-2)48-39-41(5)27-30-44(48)45-31-29-43(40-49(45)57)52-35-36-54(61-52)47-33-32-46(53-34-28-42(6)60-53)55-56(47)59-51(26-22-14-10-4)50(58-55)25-21-13-9-3/h27-36,39-40H,7-26,37-38H2,1-6H3. The Bertz CT molecular complexity index is 2310. The Hall–Kier alpha value is -3.60. The number of nitrogens with zero attached hydrogens (tertiary/aromatic N) is 2. The van der Waals surface area contributed by atoms with Crippen LogP contribution in [-0.4, -0.2) is 9.97 Å². The van der Waals surface area contributed by atoms with Gasteiger partial charge in [-0.25, -0.2) is 9.97 Å². The first-order valence-corrected chi connectivity index (χ1v) is 26.3. The predicted octanol–water partition coefficient (Wildman–Crippen LogP) is 18.6. The molecule has 3 aromatic heterocycles. The maximum Gasteiger partial charge on any atom is 0.0983 e. The molecule has 3 heterocycles. The van der Waals surface area contributed by atoms with Crippen molar-refractivity contribution in [1.82, 2.24) is 9.97 Å². The van der Waals surface area contributed by atoms with Gasteiger partial charge in [-0.15, -0.1) is 22.7 Å². The molecule has 6 aromatic rings. The lowest BCUT2D eigenvalue weighted by atomic mass is 9.70. The second kappa shape index (κ2) is 22.2. The fourth-order valence-corrected chi connectivity index (χ4v) is 12.1. The lowest BCUT2D eigenvalue weighted by Crippen LogP contribution is -2.25. The van der Waals surface area contributed by atoms with E-state index in [9.17, 15) is 0 Å². The molecule has 0 radical (unpaired) electrons. The molecule has 0 amide bonds. The zero-order chi connectivity index (χ0) is 42.6. The Morgan fingerprint density at radius 2 is 0.885 bits per heavy atom. The second-order valence-electron chi connectivity index (χ2n) is 18.4. The van der Waals surface area contributed by atoms with Crippen LogP contribution in [0.3, 0.4) is 0 Å². The molecule has 3 aromatic carbocycles. The van der Waals surface area contributed by atoms with Gasteiger partial charge in [-0.2, -0.15) is 0 Å². The van der Waals surface area contributed by atoms with E-state index in [4.69, 9.17) is 9.97 Å². The molecule has 0 saturated carbocycles. The Balaban J connectivity index is 1.28. The number of aryl methyl sites for hydroxylation is 4. The summed E-state index contributed by atoms with van der Waals surface area (Å²) in [6.45, 7) is 13.7. The number of unbranched alkanes of at least 4 members (excludes halogenated alkanes) is 14. The van der Waals surface area contributed by atoms with E-state index < -0.39 is 0 Å². The van der Waals surface area contributed by atoms with Crippen molar-refractivity contribution in [1.29, 1.82) is 0 Å². The van der Waals surface area contributed by atoms with Crippen LogP contribution >= 0.6 is 22.7 Å². The van der Waals surface area contributed by atoms with Crippen LogP contribution in [0.25, 0.3) is 53.5 Å². The van der Waals surface area contributed by atoms with E-state index in [1.165, 1.54) is 193 Å². The van der Waals surface area contributed by atoms with E-state index in [0.717, 1.165) is 23.9 Å². The minimum Gasteiger partial charge on any atom is -0.249 e. The molecule has 0 unspecified atom stereocenters. The van der Waals surface area contributed by atoms with Crippen molar-refractivity contribution in [3.8, 4) is 42.4 Å². The highest BCUT2D eigenvalue weighted by Crippen LogP contribution is 2.55. The van der Waals surface area contributed by atoms with Crippen LogP contribution in [0.15, 0.2) is 72.8 Å². The van der Waals surface area contributed by atoms with Gasteiger partial charge < -0.3 is 0 Å². The van der Waals surface area contributed by atoms with Crippen LogP contribution < -0.4 is 0 Å². The first-order chi connectivity index (χ1) is 29.9. The summed E-state index contributed by atoms with van der Waals surface area (Å²) in [5.74, 6) is 0. The van der Waals surface area contributed by atoms with Crippen LogP contribution in [0.5, 0.6) is 0 Å². The maximum atomic E-state index is 5.63. The van der Waals surface area contributed by atoms with E-state index in [1.807, 2.05) is 22.7 Å². The molecule has 1 aliphatic rings. The first-order valence-electron chi connectivity index (χ1n) is 24.7. The van der Waals surface area contributed by atoms with Crippen molar-refractivity contribution in [3.63, 3.8) is 0 Å². The van der Waals surface area contributed by atoms with Gasteiger partial charge in [-0.3, -0.25) is 0 Å². The summed E-state index contributed by atoms with van der Waals surface area (Å²) < 4.78 is 0. The Kier molecular flexibility index (Phi) is 16.5. The molecule has 1 aliphatic carbocycles. The third-order valence-corrected chi connectivity index (χ3v) is 15.8. The highest BCUT2D eigenvalue weighted by atomic mass is 32.1. The largest absolute Gasteiger partial charge is 0.249 e. The van der Waals surface area contributed by atoms with E-state index in [1.54, 1.807) is 11.1 Å². The van der Waals surface area contributed by atoms with Crippen LogP contribution in [0.4, 0.5) is 0 Å². The molecule has 324 valence electrons. The molecule has 0 saturated heterocycles. The van der Waals surface area contributed by atoms with Gasteiger partial charge in [0.15, 0.2) is 0 Å². The third-order valence-electron chi connectivity index (χ3n) is 13.6. The molecule has 61 heavy (non-hydrogen) atoms. The van der Waals surface area contributed by atoms with Gasteiger partial charge in [-0.1, -0.05) is 178 Å². The van der Waals surface area contributed by atoms with Gasteiger partial charge in [0.25, 0.3) is 0 Å². The van der Waals surface area contributed by atoms with Crippen molar-refractivity contribution in [3.05, 3.63) is 106 Å². The van der Waals surface area contributed by atoms with Gasteiger partial charge in [0.05, 0.1) is 22.4 Å². The van der Waals surface area contributed by atoms with Crippen molar-refractivity contribution < 1.29 is 0 Å². The first kappa shape index (κ1) is 45.4. The smallest absolute Gasteiger partial charge is 0.0983 e. The van der Waals surface area contributed by atoms with Crippen LogP contribution in [0.2, 0.25) is 0 Å². The molecule has 4 heteroatoms. The van der Waals surface area contributed by atoms with Crippen LogP contribution in [-0.2, 0) is 18.3 Å². The molecule has 0 bridgehead atoms. The zero-order valence-electron chi connectivity index (χ0n) is 38.7. The Morgan fingerprint density at radius 1 is 0.426 bits per heavy atom. The molecular formula is C57H74N2S2. The number of fused-ring (bicyclic) bond motifs is 4. The minimum absolute atomic E-state index is 0.0765. The average molecular weight is 851 g/mol. The van der Waals surface area contributed by atoms with Crippen LogP contribution in [0.1, 0.15) is 189 Å². The molecule has 0 N–H and O–H groups in total. The molecule has 0 fully saturated rings. The fraction of sp³-hybridized carbons (Fsp3) is 0.509. The number of hydrogen-bond donors (Lipinski definition) is 0. The number of thiophene rings is 2. The maximum absolute atomic E-state index is 5.63. The molecule has 2 nitrogen and oxygen atoms in total. The van der Waals surface area contributed by atoms with Gasteiger partial charge in [0.2, 0.25) is 0 Å². The fourth-order valence-electron chi connectivity index (χ4n) is 10.1. The van der Waals surface area contributed by atoms with E-state index in [0.29, 0.717) is 0 Å². The van der Waals surface area contributed by atoms with E-state index in [2.05, 4.69) is 114 Å². The Morgan fingerprint density at radius 3 is 1.44 bits per heavy atom. The summed E-state index contributed by atoms with van der Waals surface area (Å²) >= 11 is 3.80. The predicted molar refractivity (Wildman–Crippen MR) is 270 cm³/mol. The van der Waals surface area contributed by atoms with Gasteiger partial charge >= 0.3 is 0 Å². The summed E-state index contributed by atoms with van der Waals surface area (Å²) in [7, 11) is 0. The highest BCUT2D eigenvalue weighted by Gasteiger charge is 2.42. The SMILES string of the molecule is CCCCCCCCC1(CCCCCCCC)c2cc(C)ccc2-c2ccc(-c3ccc(-c4ccc(-c5ccc(C)s5)c5nc(CCCCC)c(CCCCC)nc45)s3)cc21. The van der Waals surface area contributed by atoms with Crippen molar-refractivity contribution in [2.24, 2.45) is 0 Å². The normalized spacial score (nSPS) is 13.0. The topological polar surface area (TPSA) is 25.8 Å². The summed E-state index contributed by atoms with van der Waals surface area (Å²) in [6.07, 6.45) is 27.8. The average Bonchev–Trinajstić information content (AvgIpc) is 4.00. The zero-order valence-corrected chi connectivity index (χ0v) is 40.3. The Labute approximate surface area is 378 Å². The summed E-state index contributed by atoms with van der Waals surface area (Å²) in [6, 6.07) is 28.8. The molecular weight excluding hydrogens is 777 g/mol. The highest BCUT2D eigenvalue weighted by molar-refractivity contribution is 7.19. The number of benzene rings is 3. The molecule has 0 aliphatic heterocycles. The van der Waals surface area contributed by atoms with Crippen molar-refractivity contribution in [2.45, 2.75) is 188 Å². The summed E-state index contributed by atoms with van der Waals surface area (Å²) in [5, 5.41) is 0. The molecule has 7 rings (SSSR count). The third kappa shape index (κ3) is 10.6. The monoisotopic (exact) mass is 851 g/mol. The van der Waals surface area contributed by atoms with Gasteiger partial charge in [-0.05, 0) is 111 Å². The van der Waals surface area contributed by atoms with Gasteiger partial charge in [0, 0.05) is 36.1 Å². The summed E-state index contributed by atoms with van der Waals surface area (Å²) in [5.41, 5.74) is 16.0. The van der Waals surface area contributed by atoms with Crippen LogP contribution in [0, 0.1) is 13.8 Å². The summed E-state index contributed by atoms with van der Waals surface area (Å²) in [4.78, 5) is 16.5. The van der Waals surface area contributed by atoms with E-state index in [-0.39, 0.29) is 5.41 Å². The quantitative estimate of drug-likeness (QED) is 0.0536. The molecule has 0 atom stereocenters. The minimum atomic E-state index is 0.0765. The molecule has 0 spiro atoms. The van der Waals surface area contributed by atoms with Crippen molar-refractivity contribution >= 4 is 33.7 Å². The van der Waals surface area contributed by atoms with Crippen molar-refractivity contribution in [2.75, 3.05) is 0 Å². The van der Waals surface area contributed by atoms with E-state index >= 15 is 0 Å². The number of rotatable bonds is 25. The second-order valence-corrected chi connectivity index (χ2v) is 20.8. The lowest BCUT2D eigenvalue weighted by molar-refractivity contribution is 0.398. The number of hydrogen-bond acceptors (Lipinski definition) is 4. The van der Waals surface area contributed by atoms with Gasteiger partial charge in [0.1, 0.15) is 0 Å². The number of aromatic nitrogens is 2. The lowest BCUT2D eigenvalue weighted by Gasteiger charge is -2.33.